The van der Waals surface area contributed by atoms with E-state index < -0.39 is 0 Å². The molecule has 0 spiro atoms. The molecule has 1 fully saturated rings. The fraction of sp³-hybridized carbons (Fsp3) is 0.600. The van der Waals surface area contributed by atoms with E-state index in [4.69, 9.17) is 11.6 Å². The second-order valence-electron chi connectivity index (χ2n) is 5.05. The Morgan fingerprint density at radius 3 is 2.63 bits per heavy atom. The zero-order valence-electron chi connectivity index (χ0n) is 11.3. The van der Waals surface area contributed by atoms with E-state index in [9.17, 15) is 0 Å². The zero-order chi connectivity index (χ0) is 13.5. The summed E-state index contributed by atoms with van der Waals surface area (Å²) in [7, 11) is 0. The van der Waals surface area contributed by atoms with Gasteiger partial charge < -0.3 is 4.90 Å². The first kappa shape index (κ1) is 15.2. The van der Waals surface area contributed by atoms with E-state index in [1.165, 1.54) is 24.9 Å². The lowest BCUT2D eigenvalue weighted by atomic mass is 10.2. The van der Waals surface area contributed by atoms with Gasteiger partial charge in [0.1, 0.15) is 5.50 Å². The predicted molar refractivity (Wildman–Crippen MR) is 86.1 cm³/mol. The Morgan fingerprint density at radius 2 is 1.89 bits per heavy atom. The van der Waals surface area contributed by atoms with E-state index in [1.54, 1.807) is 0 Å². The second-order valence-corrected chi connectivity index (χ2v) is 5.92. The van der Waals surface area contributed by atoms with E-state index >= 15 is 0 Å². The molecule has 2 nitrogen and oxygen atoms in total. The van der Waals surface area contributed by atoms with Crippen molar-refractivity contribution in [2.75, 3.05) is 38.5 Å². The summed E-state index contributed by atoms with van der Waals surface area (Å²) in [4.78, 5) is 4.92. The average Bonchev–Trinajstić information content (AvgIpc) is 2.71. The largest absolute Gasteiger partial charge is 0.302 e. The minimum absolute atomic E-state index is 0.00558. The van der Waals surface area contributed by atoms with Crippen LogP contribution in [0.25, 0.3) is 0 Å². The van der Waals surface area contributed by atoms with Gasteiger partial charge in [0.2, 0.25) is 0 Å². The first-order chi connectivity index (χ1) is 9.31. The van der Waals surface area contributed by atoms with Crippen molar-refractivity contribution in [3.63, 3.8) is 0 Å². The maximum Gasteiger partial charge on any atom is 0.111 e. The topological polar surface area (TPSA) is 6.48 Å². The van der Waals surface area contributed by atoms with Gasteiger partial charge in [0.15, 0.2) is 0 Å². The smallest absolute Gasteiger partial charge is 0.111 e. The summed E-state index contributed by atoms with van der Waals surface area (Å²) in [6.45, 7) is 5.60. The van der Waals surface area contributed by atoms with Crippen molar-refractivity contribution in [2.24, 2.45) is 0 Å². The van der Waals surface area contributed by atoms with Crippen molar-refractivity contribution in [1.29, 1.82) is 0 Å². The van der Waals surface area contributed by atoms with Crippen LogP contribution in [-0.2, 0) is 0 Å². The van der Waals surface area contributed by atoms with Gasteiger partial charge in [-0.1, -0.05) is 30.3 Å². The number of rotatable bonds is 5. The van der Waals surface area contributed by atoms with Gasteiger partial charge in [-0.3, -0.25) is 4.90 Å². The van der Waals surface area contributed by atoms with E-state index in [2.05, 4.69) is 46.7 Å². The van der Waals surface area contributed by atoms with Crippen LogP contribution in [0.15, 0.2) is 30.3 Å². The third-order valence-electron chi connectivity index (χ3n) is 3.65. The van der Waals surface area contributed by atoms with Gasteiger partial charge in [-0.25, -0.2) is 0 Å². The molecule has 2 rings (SSSR count). The number of benzene rings is 1. The fourth-order valence-corrected chi connectivity index (χ4v) is 3.04. The van der Waals surface area contributed by atoms with E-state index in [0.29, 0.717) is 0 Å². The standard InChI is InChI=1S/C15H23ClN2S/c16-15(14-6-2-1-3-7-14)18-10-4-8-17(11-12-18)9-5-13-19/h1-3,6-7,15,19H,4-5,8-13H2. The molecular weight excluding hydrogens is 276 g/mol. The molecule has 1 atom stereocenters. The van der Waals surface area contributed by atoms with Crippen LogP contribution in [-0.4, -0.2) is 48.3 Å². The molecule has 0 aromatic heterocycles. The highest BCUT2D eigenvalue weighted by atomic mass is 35.5. The van der Waals surface area contributed by atoms with Crippen molar-refractivity contribution < 1.29 is 0 Å². The number of hydrogen-bond donors (Lipinski definition) is 1. The Kier molecular flexibility index (Phi) is 6.51. The van der Waals surface area contributed by atoms with E-state index in [0.717, 1.165) is 31.9 Å². The average molecular weight is 299 g/mol. The minimum atomic E-state index is 0.00558. The van der Waals surface area contributed by atoms with Gasteiger partial charge >= 0.3 is 0 Å². The van der Waals surface area contributed by atoms with E-state index in [-0.39, 0.29) is 5.50 Å². The van der Waals surface area contributed by atoms with Crippen LogP contribution < -0.4 is 0 Å². The van der Waals surface area contributed by atoms with Crippen LogP contribution in [0.2, 0.25) is 0 Å². The molecule has 0 radical (unpaired) electrons. The minimum Gasteiger partial charge on any atom is -0.302 e. The molecule has 106 valence electrons. The van der Waals surface area contributed by atoms with Crippen LogP contribution in [0.4, 0.5) is 0 Å². The first-order valence-corrected chi connectivity index (χ1v) is 8.14. The van der Waals surface area contributed by atoms with Crippen LogP contribution in [0.3, 0.4) is 0 Å². The molecule has 0 amide bonds. The molecule has 4 heteroatoms. The van der Waals surface area contributed by atoms with Crippen molar-refractivity contribution in [3.8, 4) is 0 Å². The molecule has 1 unspecified atom stereocenters. The Bertz CT molecular complexity index is 360. The Labute approximate surface area is 127 Å². The Hall–Kier alpha value is -0.220. The molecule has 19 heavy (non-hydrogen) atoms. The molecule has 1 aromatic carbocycles. The summed E-state index contributed by atoms with van der Waals surface area (Å²) in [5.41, 5.74) is 1.21. The monoisotopic (exact) mass is 298 g/mol. The Balaban J connectivity index is 1.88. The molecule has 0 bridgehead atoms. The summed E-state index contributed by atoms with van der Waals surface area (Å²) < 4.78 is 0. The lowest BCUT2D eigenvalue weighted by molar-refractivity contribution is 0.244. The van der Waals surface area contributed by atoms with Crippen LogP contribution in [0.5, 0.6) is 0 Å². The van der Waals surface area contributed by atoms with Crippen molar-refractivity contribution in [3.05, 3.63) is 35.9 Å². The molecule has 1 aliphatic heterocycles. The molecule has 0 N–H and O–H groups in total. The molecule has 0 saturated carbocycles. The number of hydrogen-bond acceptors (Lipinski definition) is 3. The van der Waals surface area contributed by atoms with Crippen LogP contribution in [0, 0.1) is 0 Å². The number of nitrogens with zero attached hydrogens (tertiary/aromatic N) is 2. The maximum atomic E-state index is 6.60. The van der Waals surface area contributed by atoms with Gasteiger partial charge in [0.05, 0.1) is 0 Å². The van der Waals surface area contributed by atoms with Crippen molar-refractivity contribution >= 4 is 24.2 Å². The molecule has 0 aliphatic carbocycles. The first-order valence-electron chi connectivity index (χ1n) is 7.07. The quantitative estimate of drug-likeness (QED) is 0.506. The van der Waals surface area contributed by atoms with Gasteiger partial charge in [0, 0.05) is 19.6 Å². The van der Waals surface area contributed by atoms with Crippen molar-refractivity contribution in [2.45, 2.75) is 18.3 Å². The lowest BCUT2D eigenvalue weighted by Gasteiger charge is -2.26. The van der Waals surface area contributed by atoms with Crippen molar-refractivity contribution in [1.82, 2.24) is 9.80 Å². The SMILES string of the molecule is SCCCN1CCCN(C(Cl)c2ccccc2)CC1. The van der Waals surface area contributed by atoms with Gasteiger partial charge in [-0.05, 0) is 37.2 Å². The van der Waals surface area contributed by atoms with Gasteiger partial charge in [0.25, 0.3) is 0 Å². The zero-order valence-corrected chi connectivity index (χ0v) is 13.0. The predicted octanol–water partition coefficient (Wildman–Crippen LogP) is 3.25. The second kappa shape index (κ2) is 8.15. The molecular formula is C15H23ClN2S. The van der Waals surface area contributed by atoms with E-state index in [1.807, 2.05) is 6.07 Å². The fourth-order valence-electron chi connectivity index (χ4n) is 2.56. The van der Waals surface area contributed by atoms with Crippen LogP contribution in [0.1, 0.15) is 23.9 Å². The highest BCUT2D eigenvalue weighted by molar-refractivity contribution is 7.80. The molecule has 1 aromatic rings. The normalized spacial score (nSPS) is 20.1. The maximum absolute atomic E-state index is 6.60. The number of halogens is 1. The highest BCUT2D eigenvalue weighted by Gasteiger charge is 2.21. The Morgan fingerprint density at radius 1 is 1.11 bits per heavy atom. The third kappa shape index (κ3) is 4.67. The van der Waals surface area contributed by atoms with Gasteiger partial charge in [-0.2, -0.15) is 12.6 Å². The summed E-state index contributed by atoms with van der Waals surface area (Å²) in [6.07, 6.45) is 2.37. The molecule has 1 aliphatic rings. The summed E-state index contributed by atoms with van der Waals surface area (Å²) in [5.74, 6) is 0.975. The number of thiol groups is 1. The van der Waals surface area contributed by atoms with Gasteiger partial charge in [-0.15, -0.1) is 11.6 Å². The lowest BCUT2D eigenvalue weighted by Crippen LogP contribution is -2.32. The summed E-state index contributed by atoms with van der Waals surface area (Å²) in [5, 5.41) is 0. The number of alkyl halides is 1. The molecule has 1 saturated heterocycles. The van der Waals surface area contributed by atoms with Crippen LogP contribution >= 0.6 is 24.2 Å². The molecule has 1 heterocycles. The third-order valence-corrected chi connectivity index (χ3v) is 4.50. The summed E-state index contributed by atoms with van der Waals surface area (Å²) >= 11 is 10.9. The highest BCUT2D eigenvalue weighted by Crippen LogP contribution is 2.25. The summed E-state index contributed by atoms with van der Waals surface area (Å²) in [6, 6.07) is 10.4.